The van der Waals surface area contributed by atoms with Crippen molar-refractivity contribution < 1.29 is 24.2 Å². The molecule has 0 radical (unpaired) electrons. The van der Waals surface area contributed by atoms with Crippen LogP contribution in [0.4, 0.5) is 0 Å². The maximum atomic E-state index is 12.1. The number of esters is 2. The largest absolute Gasteiger partial charge is 0.462 e. The standard InChI is InChI=1S/C37H68O5/c1-3-5-7-9-11-13-15-17-18-20-22-24-26-28-30-32-37(40)42-35(33-38)34-41-36(39)31-29-27-25-23-21-19-16-14-12-10-8-6-4-2/h11,13,17-18,35,38H,3-10,12,14-16,19-34H2,1-2H3/t35-/m0/s1. The Morgan fingerprint density at radius 3 is 1.45 bits per heavy atom. The minimum Gasteiger partial charge on any atom is -0.462 e. The molecule has 0 rings (SSSR count). The number of allylic oxidation sites excluding steroid dienone is 4. The van der Waals surface area contributed by atoms with E-state index in [1.807, 2.05) is 0 Å². The van der Waals surface area contributed by atoms with Crippen LogP contribution in [0.3, 0.4) is 0 Å². The van der Waals surface area contributed by atoms with Gasteiger partial charge in [-0.25, -0.2) is 0 Å². The first-order chi connectivity index (χ1) is 20.6. The third kappa shape index (κ3) is 31.3. The van der Waals surface area contributed by atoms with Crippen LogP contribution in [0.5, 0.6) is 0 Å². The Morgan fingerprint density at radius 1 is 0.548 bits per heavy atom. The summed E-state index contributed by atoms with van der Waals surface area (Å²) in [6.07, 6.45) is 38.0. The zero-order valence-corrected chi connectivity index (χ0v) is 27.8. The highest BCUT2D eigenvalue weighted by Crippen LogP contribution is 2.14. The van der Waals surface area contributed by atoms with Gasteiger partial charge in [0.2, 0.25) is 0 Å². The normalized spacial score (nSPS) is 12.4. The van der Waals surface area contributed by atoms with Crippen LogP contribution in [0.15, 0.2) is 24.3 Å². The van der Waals surface area contributed by atoms with Crippen LogP contribution in [-0.4, -0.2) is 36.4 Å². The first-order valence-corrected chi connectivity index (χ1v) is 17.9. The summed E-state index contributed by atoms with van der Waals surface area (Å²) in [4.78, 5) is 24.1. The van der Waals surface area contributed by atoms with E-state index < -0.39 is 6.10 Å². The lowest BCUT2D eigenvalue weighted by Gasteiger charge is -2.15. The van der Waals surface area contributed by atoms with Crippen molar-refractivity contribution in [1.82, 2.24) is 0 Å². The molecule has 0 aliphatic carbocycles. The molecule has 0 saturated carbocycles. The molecular formula is C37H68O5. The lowest BCUT2D eigenvalue weighted by molar-refractivity contribution is -0.161. The molecule has 1 N–H and O–H groups in total. The van der Waals surface area contributed by atoms with Crippen LogP contribution in [0.1, 0.15) is 181 Å². The van der Waals surface area contributed by atoms with Crippen LogP contribution in [0.2, 0.25) is 0 Å². The van der Waals surface area contributed by atoms with Crippen LogP contribution in [-0.2, 0) is 19.1 Å². The highest BCUT2D eigenvalue weighted by atomic mass is 16.6. The number of aliphatic hydroxyl groups is 1. The summed E-state index contributed by atoms with van der Waals surface area (Å²) in [5.41, 5.74) is 0. The van der Waals surface area contributed by atoms with Gasteiger partial charge in [-0.1, -0.05) is 147 Å². The summed E-state index contributed by atoms with van der Waals surface area (Å²) >= 11 is 0. The molecular weight excluding hydrogens is 524 g/mol. The second-order valence-corrected chi connectivity index (χ2v) is 12.0. The Kier molecular flexibility index (Phi) is 32.6. The first kappa shape index (κ1) is 40.4. The second kappa shape index (κ2) is 33.9. The van der Waals surface area contributed by atoms with Crippen LogP contribution in [0.25, 0.3) is 0 Å². The van der Waals surface area contributed by atoms with E-state index in [0.29, 0.717) is 12.8 Å². The molecule has 0 aromatic heterocycles. The van der Waals surface area contributed by atoms with Gasteiger partial charge in [0, 0.05) is 12.8 Å². The number of carbonyl (C=O) groups is 2. The number of unbranched alkanes of at least 4 members (excludes halogenated alkanes) is 20. The Morgan fingerprint density at radius 2 is 0.952 bits per heavy atom. The maximum Gasteiger partial charge on any atom is 0.306 e. The van der Waals surface area contributed by atoms with Crippen molar-refractivity contribution in [2.75, 3.05) is 13.2 Å². The molecule has 42 heavy (non-hydrogen) atoms. The molecule has 5 heteroatoms. The van der Waals surface area contributed by atoms with Gasteiger partial charge >= 0.3 is 11.9 Å². The van der Waals surface area contributed by atoms with Crippen LogP contribution in [0, 0.1) is 0 Å². The summed E-state index contributed by atoms with van der Waals surface area (Å²) in [6.45, 7) is 4.09. The van der Waals surface area contributed by atoms with Crippen molar-refractivity contribution in [1.29, 1.82) is 0 Å². The van der Waals surface area contributed by atoms with Gasteiger partial charge in [0.1, 0.15) is 6.61 Å². The zero-order valence-electron chi connectivity index (χ0n) is 27.8. The SMILES string of the molecule is CCCCCC=CCC=CCCCCCCCC(=O)O[C@@H](CO)COC(=O)CCCCCCCCCCCCCCC. The predicted octanol–water partition coefficient (Wildman–Crippen LogP) is 10.7. The Balaban J connectivity index is 3.59. The lowest BCUT2D eigenvalue weighted by atomic mass is 10.0. The number of hydrogen-bond donors (Lipinski definition) is 1. The van der Waals surface area contributed by atoms with Crippen molar-refractivity contribution in [3.05, 3.63) is 24.3 Å². The fourth-order valence-electron chi connectivity index (χ4n) is 4.99. The van der Waals surface area contributed by atoms with Gasteiger partial charge in [-0.15, -0.1) is 0 Å². The van der Waals surface area contributed by atoms with Gasteiger partial charge < -0.3 is 14.6 Å². The van der Waals surface area contributed by atoms with Gasteiger partial charge in [0.15, 0.2) is 6.10 Å². The van der Waals surface area contributed by atoms with Crippen LogP contribution >= 0.6 is 0 Å². The minimum atomic E-state index is -0.772. The zero-order chi connectivity index (χ0) is 30.8. The molecule has 0 amide bonds. The van der Waals surface area contributed by atoms with E-state index in [2.05, 4.69) is 38.2 Å². The number of aliphatic hydroxyl groups excluding tert-OH is 1. The van der Waals surface area contributed by atoms with Gasteiger partial charge in [-0.05, 0) is 44.9 Å². The smallest absolute Gasteiger partial charge is 0.306 e. The molecule has 0 aromatic rings. The molecule has 0 aromatic carbocycles. The van der Waals surface area contributed by atoms with E-state index in [9.17, 15) is 14.7 Å². The van der Waals surface area contributed by atoms with E-state index in [0.717, 1.165) is 51.4 Å². The average Bonchev–Trinajstić information content (AvgIpc) is 2.99. The maximum absolute atomic E-state index is 12.1. The second-order valence-electron chi connectivity index (χ2n) is 12.0. The van der Waals surface area contributed by atoms with Crippen molar-refractivity contribution in [2.45, 2.75) is 187 Å². The highest BCUT2D eigenvalue weighted by Gasteiger charge is 2.16. The summed E-state index contributed by atoms with van der Waals surface area (Å²) < 4.78 is 10.6. The van der Waals surface area contributed by atoms with E-state index in [1.165, 1.54) is 103 Å². The molecule has 0 bridgehead atoms. The summed E-state index contributed by atoms with van der Waals surface area (Å²) in [7, 11) is 0. The average molecular weight is 593 g/mol. The summed E-state index contributed by atoms with van der Waals surface area (Å²) in [5.74, 6) is -0.603. The van der Waals surface area contributed by atoms with Crippen molar-refractivity contribution >= 4 is 11.9 Å². The molecule has 0 unspecified atom stereocenters. The predicted molar refractivity (Wildman–Crippen MR) is 178 cm³/mol. The molecule has 0 fully saturated rings. The highest BCUT2D eigenvalue weighted by molar-refractivity contribution is 5.70. The van der Waals surface area contributed by atoms with E-state index in [4.69, 9.17) is 9.47 Å². The van der Waals surface area contributed by atoms with Gasteiger partial charge in [-0.3, -0.25) is 9.59 Å². The van der Waals surface area contributed by atoms with Crippen LogP contribution < -0.4 is 0 Å². The number of hydrogen-bond acceptors (Lipinski definition) is 5. The van der Waals surface area contributed by atoms with E-state index in [-0.39, 0.29) is 25.2 Å². The third-order valence-corrected chi connectivity index (χ3v) is 7.75. The minimum absolute atomic E-state index is 0.0678. The monoisotopic (exact) mass is 593 g/mol. The Labute approximate surface area is 260 Å². The molecule has 1 atom stereocenters. The van der Waals surface area contributed by atoms with E-state index in [1.54, 1.807) is 0 Å². The number of ether oxygens (including phenoxy) is 2. The molecule has 5 nitrogen and oxygen atoms in total. The third-order valence-electron chi connectivity index (χ3n) is 7.75. The number of rotatable bonds is 32. The first-order valence-electron chi connectivity index (χ1n) is 17.9. The molecule has 246 valence electrons. The Hall–Kier alpha value is -1.62. The summed E-state index contributed by atoms with van der Waals surface area (Å²) in [5, 5.41) is 9.51. The van der Waals surface area contributed by atoms with Crippen molar-refractivity contribution in [3.63, 3.8) is 0 Å². The van der Waals surface area contributed by atoms with Crippen molar-refractivity contribution in [3.8, 4) is 0 Å². The van der Waals surface area contributed by atoms with Gasteiger partial charge in [-0.2, -0.15) is 0 Å². The van der Waals surface area contributed by atoms with Gasteiger partial charge in [0.25, 0.3) is 0 Å². The molecule has 0 aliphatic heterocycles. The fraction of sp³-hybridized carbons (Fsp3) is 0.838. The van der Waals surface area contributed by atoms with Crippen molar-refractivity contribution in [2.24, 2.45) is 0 Å². The molecule has 0 heterocycles. The van der Waals surface area contributed by atoms with Gasteiger partial charge in [0.05, 0.1) is 6.61 Å². The Bertz CT molecular complexity index is 642. The molecule has 0 spiro atoms. The molecule has 0 aliphatic rings. The quantitative estimate of drug-likeness (QED) is 0.0478. The lowest BCUT2D eigenvalue weighted by Crippen LogP contribution is -2.28. The summed E-state index contributed by atoms with van der Waals surface area (Å²) in [6, 6.07) is 0. The fourth-order valence-corrected chi connectivity index (χ4v) is 4.99. The topological polar surface area (TPSA) is 72.8 Å². The molecule has 0 saturated heterocycles. The number of carbonyl (C=O) groups excluding carboxylic acids is 2. The van der Waals surface area contributed by atoms with E-state index >= 15 is 0 Å².